The number of nitrogens with zero attached hydrogens (tertiary/aromatic N) is 5. The van der Waals surface area contributed by atoms with Crippen LogP contribution < -0.4 is 15.6 Å². The number of pyridine rings is 1. The molecule has 2 aromatic carbocycles. The summed E-state index contributed by atoms with van der Waals surface area (Å²) < 4.78 is 5.54. The van der Waals surface area contributed by atoms with Crippen LogP contribution in [0.5, 0.6) is 0 Å². The van der Waals surface area contributed by atoms with Gasteiger partial charge in [0.05, 0.1) is 12.0 Å². The van der Waals surface area contributed by atoms with Gasteiger partial charge in [0.1, 0.15) is 34.1 Å². The summed E-state index contributed by atoms with van der Waals surface area (Å²) in [4.78, 5) is 32.7. The van der Waals surface area contributed by atoms with Crippen LogP contribution in [0.15, 0.2) is 93.1 Å². The molecule has 0 radical (unpaired) electrons. The summed E-state index contributed by atoms with van der Waals surface area (Å²) in [6.45, 7) is 5.51. The van der Waals surface area contributed by atoms with Crippen molar-refractivity contribution in [2.75, 3.05) is 15.6 Å². The Hall–Kier alpha value is -5.65. The highest BCUT2D eigenvalue weighted by Gasteiger charge is 2.39. The maximum Gasteiger partial charge on any atom is 0.270 e. The number of aromatic nitrogens is 1. The van der Waals surface area contributed by atoms with Crippen molar-refractivity contribution in [2.24, 2.45) is 5.10 Å². The van der Waals surface area contributed by atoms with Crippen LogP contribution in [-0.2, 0) is 9.59 Å². The van der Waals surface area contributed by atoms with E-state index in [2.05, 4.69) is 26.9 Å². The standard InChI is InChI=1S/C31H23N7O3S/c1-18-11-13-21(14-12-18)36-37-28-31(40)42-30(38(28)22-8-5-4-6-9-22)24(17-33)29(39)35-27-23(16-32)26(19(2)20(3)34-27)25-10-7-15-41-25/h4-15,36H,1-3H3,(H,34,35,39)/b30-24-,37-28-. The lowest BCUT2D eigenvalue weighted by Gasteiger charge is -2.20. The van der Waals surface area contributed by atoms with Crippen LogP contribution in [0.3, 0.4) is 0 Å². The van der Waals surface area contributed by atoms with Gasteiger partial charge in [0, 0.05) is 16.9 Å². The van der Waals surface area contributed by atoms with Gasteiger partial charge in [0.2, 0.25) is 5.84 Å². The first-order valence-electron chi connectivity index (χ1n) is 12.7. The molecule has 2 N–H and O–H groups in total. The van der Waals surface area contributed by atoms with Crippen molar-refractivity contribution in [1.82, 2.24) is 4.98 Å². The number of hydrazone groups is 1. The Morgan fingerprint density at radius 2 is 1.76 bits per heavy atom. The average Bonchev–Trinajstić information content (AvgIpc) is 3.63. The van der Waals surface area contributed by atoms with Crippen LogP contribution in [0.4, 0.5) is 17.2 Å². The van der Waals surface area contributed by atoms with Crippen LogP contribution in [0.25, 0.3) is 11.3 Å². The first-order valence-corrected chi connectivity index (χ1v) is 13.5. The third-order valence-electron chi connectivity index (χ3n) is 6.49. The quantitative estimate of drug-likeness (QED) is 0.161. The number of carbonyl (C=O) groups is 2. The third kappa shape index (κ3) is 5.37. The van der Waals surface area contributed by atoms with Crippen molar-refractivity contribution in [3.05, 3.63) is 106 Å². The van der Waals surface area contributed by atoms with Crippen molar-refractivity contribution in [3.8, 4) is 23.5 Å². The zero-order valence-electron chi connectivity index (χ0n) is 22.8. The second-order valence-corrected chi connectivity index (χ2v) is 10.2. The number of para-hydroxylation sites is 1. The van der Waals surface area contributed by atoms with E-state index >= 15 is 0 Å². The van der Waals surface area contributed by atoms with E-state index in [1.165, 1.54) is 11.2 Å². The Morgan fingerprint density at radius 1 is 1.02 bits per heavy atom. The van der Waals surface area contributed by atoms with Gasteiger partial charge in [-0.1, -0.05) is 35.9 Å². The van der Waals surface area contributed by atoms with Crippen LogP contribution in [-0.4, -0.2) is 21.8 Å². The first kappa shape index (κ1) is 27.9. The molecule has 0 atom stereocenters. The number of hydrogen-bond acceptors (Lipinski definition) is 9. The summed E-state index contributed by atoms with van der Waals surface area (Å²) in [6, 6.07) is 23.7. The number of benzene rings is 2. The number of rotatable bonds is 6. The van der Waals surface area contributed by atoms with Crippen LogP contribution in [0.2, 0.25) is 0 Å². The second kappa shape index (κ2) is 11.8. The molecule has 1 aliphatic rings. The molecule has 11 heteroatoms. The normalized spacial score (nSPS) is 14.8. The molecule has 1 fully saturated rings. The van der Waals surface area contributed by atoms with Crippen molar-refractivity contribution in [1.29, 1.82) is 10.5 Å². The van der Waals surface area contributed by atoms with E-state index in [9.17, 15) is 20.1 Å². The molecule has 5 rings (SSSR count). The molecule has 206 valence electrons. The highest BCUT2D eigenvalue weighted by molar-refractivity contribution is 8.19. The van der Waals surface area contributed by atoms with Crippen molar-refractivity contribution in [2.45, 2.75) is 20.8 Å². The van der Waals surface area contributed by atoms with Crippen LogP contribution in [0, 0.1) is 43.4 Å². The summed E-state index contributed by atoms with van der Waals surface area (Å²) in [6.07, 6.45) is 1.49. The molecule has 0 spiro atoms. The van der Waals surface area contributed by atoms with Crippen LogP contribution in [0.1, 0.15) is 22.4 Å². The maximum atomic E-state index is 13.6. The minimum atomic E-state index is -0.834. The van der Waals surface area contributed by atoms with Gasteiger partial charge < -0.3 is 9.73 Å². The predicted octanol–water partition coefficient (Wildman–Crippen LogP) is 6.02. The SMILES string of the molecule is Cc1ccc(N/N=C2/C(=O)S/C(=C(/C#N)C(=O)Nc3nc(C)c(C)c(-c4ccco4)c3C#N)N2c2ccccc2)cc1. The Kier molecular flexibility index (Phi) is 7.87. The Morgan fingerprint density at radius 3 is 2.40 bits per heavy atom. The summed E-state index contributed by atoms with van der Waals surface area (Å²) in [5.41, 5.74) is 6.65. The van der Waals surface area contributed by atoms with E-state index in [0.29, 0.717) is 45.7 Å². The number of furan rings is 1. The molecule has 0 bridgehead atoms. The minimum absolute atomic E-state index is 0.00977. The molecule has 1 aliphatic heterocycles. The summed E-state index contributed by atoms with van der Waals surface area (Å²) >= 11 is 0.715. The van der Waals surface area contributed by atoms with Gasteiger partial charge in [-0.25, -0.2) is 4.98 Å². The smallest absolute Gasteiger partial charge is 0.270 e. The molecule has 0 saturated carbocycles. The second-order valence-electron chi connectivity index (χ2n) is 9.23. The molecule has 1 amide bonds. The molecular formula is C31H23N7O3S. The molecule has 2 aromatic heterocycles. The maximum absolute atomic E-state index is 13.6. The van der Waals surface area contributed by atoms with E-state index in [-0.39, 0.29) is 27.8 Å². The predicted molar refractivity (Wildman–Crippen MR) is 161 cm³/mol. The number of amides is 1. The van der Waals surface area contributed by atoms with Gasteiger partial charge in [-0.2, -0.15) is 15.6 Å². The van der Waals surface area contributed by atoms with E-state index in [0.717, 1.165) is 5.56 Å². The topological polar surface area (TPSA) is 147 Å². The number of nitrogens with one attached hydrogen (secondary N) is 2. The lowest BCUT2D eigenvalue weighted by molar-refractivity contribution is -0.112. The number of hydrogen-bond donors (Lipinski definition) is 2. The first-order chi connectivity index (χ1) is 20.3. The fourth-order valence-corrected chi connectivity index (χ4v) is 5.20. The van der Waals surface area contributed by atoms with Gasteiger partial charge >= 0.3 is 0 Å². The van der Waals surface area contributed by atoms with Crippen LogP contribution >= 0.6 is 11.8 Å². The third-order valence-corrected chi connectivity index (χ3v) is 7.44. The fraction of sp³-hybridized carbons (Fsp3) is 0.0968. The molecule has 0 unspecified atom stereocenters. The van der Waals surface area contributed by atoms with Gasteiger partial charge in [-0.05, 0) is 74.5 Å². The molecule has 4 aromatic rings. The Labute approximate surface area is 246 Å². The van der Waals surface area contributed by atoms with Gasteiger partial charge in [-0.15, -0.1) is 0 Å². The van der Waals surface area contributed by atoms with E-state index in [4.69, 9.17) is 4.42 Å². The van der Waals surface area contributed by atoms with Gasteiger partial charge in [-0.3, -0.25) is 19.9 Å². The molecule has 3 heterocycles. The summed E-state index contributed by atoms with van der Waals surface area (Å²) in [5, 5.41) is 26.8. The highest BCUT2D eigenvalue weighted by atomic mass is 32.2. The molecule has 0 aliphatic carbocycles. The number of anilines is 3. The fourth-order valence-electron chi connectivity index (χ4n) is 4.28. The van der Waals surface area contributed by atoms with Gasteiger partial charge in [0.15, 0.2) is 5.82 Å². The average molecular weight is 574 g/mol. The number of aryl methyl sites for hydroxylation is 2. The summed E-state index contributed by atoms with van der Waals surface area (Å²) in [5.74, 6) is -0.428. The van der Waals surface area contributed by atoms with Crippen molar-refractivity contribution >= 4 is 45.8 Å². The summed E-state index contributed by atoms with van der Waals surface area (Å²) in [7, 11) is 0. The van der Waals surface area contributed by atoms with E-state index in [1.807, 2.05) is 43.3 Å². The lowest BCUT2D eigenvalue weighted by Crippen LogP contribution is -2.29. The Balaban J connectivity index is 1.57. The zero-order chi connectivity index (χ0) is 29.8. The Bertz CT molecular complexity index is 1830. The van der Waals surface area contributed by atoms with Gasteiger partial charge in [0.25, 0.3) is 11.0 Å². The molecular weight excluding hydrogens is 550 g/mol. The van der Waals surface area contributed by atoms with E-state index < -0.39 is 11.0 Å². The highest BCUT2D eigenvalue weighted by Crippen LogP contribution is 2.38. The van der Waals surface area contributed by atoms with E-state index in [1.54, 1.807) is 50.2 Å². The zero-order valence-corrected chi connectivity index (χ0v) is 23.6. The lowest BCUT2D eigenvalue weighted by atomic mass is 10.00. The molecule has 42 heavy (non-hydrogen) atoms. The largest absolute Gasteiger partial charge is 0.464 e. The molecule has 10 nitrogen and oxygen atoms in total. The minimum Gasteiger partial charge on any atom is -0.464 e. The van der Waals surface area contributed by atoms with Crippen molar-refractivity contribution < 1.29 is 14.0 Å². The van der Waals surface area contributed by atoms with Crippen molar-refractivity contribution in [3.63, 3.8) is 0 Å². The number of nitriles is 2. The number of carbonyl (C=O) groups excluding carboxylic acids is 2. The number of thioether (sulfide) groups is 1. The number of amidine groups is 1. The monoisotopic (exact) mass is 573 g/mol. The molecule has 1 saturated heterocycles.